The normalized spacial score (nSPS) is 26.1. The topological polar surface area (TPSA) is 49.6 Å². The fourth-order valence-corrected chi connectivity index (χ4v) is 2.83. The Bertz CT molecular complexity index is 242. The van der Waals surface area contributed by atoms with E-state index >= 15 is 0 Å². The average Bonchev–Trinajstić information content (AvgIpc) is 2.15. The molecular formula is C11H21N3O. The van der Waals surface area contributed by atoms with Gasteiger partial charge in [-0.3, -0.25) is 4.90 Å². The third-order valence-corrected chi connectivity index (χ3v) is 4.19. The van der Waals surface area contributed by atoms with E-state index in [0.29, 0.717) is 5.54 Å². The van der Waals surface area contributed by atoms with Gasteiger partial charge in [0.25, 0.3) is 0 Å². The lowest BCUT2D eigenvalue weighted by atomic mass is 9.81. The third kappa shape index (κ3) is 1.83. The largest absolute Gasteiger partial charge is 0.351 e. The third-order valence-electron chi connectivity index (χ3n) is 4.19. The first kappa shape index (κ1) is 10.7. The number of hydrogen-bond donors (Lipinski definition) is 1. The summed E-state index contributed by atoms with van der Waals surface area (Å²) in [5.41, 5.74) is 5.66. The molecule has 2 heterocycles. The molecule has 0 saturated carbocycles. The van der Waals surface area contributed by atoms with E-state index in [1.165, 1.54) is 25.9 Å². The highest BCUT2D eigenvalue weighted by Crippen LogP contribution is 2.35. The van der Waals surface area contributed by atoms with E-state index in [2.05, 4.69) is 11.8 Å². The van der Waals surface area contributed by atoms with Gasteiger partial charge in [-0.05, 0) is 38.8 Å². The van der Waals surface area contributed by atoms with Crippen LogP contribution in [0.2, 0.25) is 0 Å². The summed E-state index contributed by atoms with van der Waals surface area (Å²) in [6.45, 7) is 6.41. The van der Waals surface area contributed by atoms with Crippen LogP contribution in [0.4, 0.5) is 4.79 Å². The number of amides is 2. The zero-order valence-electron chi connectivity index (χ0n) is 9.54. The summed E-state index contributed by atoms with van der Waals surface area (Å²) in [6.07, 6.45) is 4.71. The number of rotatable bonds is 2. The van der Waals surface area contributed by atoms with Crippen molar-refractivity contribution in [3.63, 3.8) is 0 Å². The number of piperidine rings is 1. The smallest absolute Gasteiger partial charge is 0.314 e. The number of nitrogens with two attached hydrogens (primary N) is 1. The van der Waals surface area contributed by atoms with Crippen molar-refractivity contribution in [1.29, 1.82) is 0 Å². The number of carbonyl (C=O) groups is 1. The molecule has 15 heavy (non-hydrogen) atoms. The Labute approximate surface area is 91.4 Å². The van der Waals surface area contributed by atoms with E-state index in [1.54, 1.807) is 4.90 Å². The molecule has 4 heteroatoms. The fraction of sp³-hybridized carbons (Fsp3) is 0.909. The molecule has 0 aromatic heterocycles. The molecule has 0 bridgehead atoms. The van der Waals surface area contributed by atoms with Crippen LogP contribution in [0.15, 0.2) is 0 Å². The Morgan fingerprint density at radius 2 is 1.87 bits per heavy atom. The summed E-state index contributed by atoms with van der Waals surface area (Å²) >= 11 is 0. The highest BCUT2D eigenvalue weighted by Gasteiger charge is 2.40. The Morgan fingerprint density at radius 1 is 1.27 bits per heavy atom. The van der Waals surface area contributed by atoms with E-state index in [9.17, 15) is 4.79 Å². The van der Waals surface area contributed by atoms with Crippen LogP contribution in [-0.2, 0) is 0 Å². The molecule has 0 aromatic rings. The maximum Gasteiger partial charge on any atom is 0.314 e. The predicted octanol–water partition coefficient (Wildman–Crippen LogP) is 1.02. The monoisotopic (exact) mass is 211 g/mol. The molecule has 4 nitrogen and oxygen atoms in total. The van der Waals surface area contributed by atoms with Crippen molar-refractivity contribution < 1.29 is 4.79 Å². The second-order valence-corrected chi connectivity index (χ2v) is 4.74. The van der Waals surface area contributed by atoms with E-state index in [-0.39, 0.29) is 6.03 Å². The maximum atomic E-state index is 11.0. The van der Waals surface area contributed by atoms with Crippen LogP contribution < -0.4 is 5.73 Å². The second kappa shape index (κ2) is 4.00. The van der Waals surface area contributed by atoms with Gasteiger partial charge in [-0.2, -0.15) is 0 Å². The van der Waals surface area contributed by atoms with E-state index < -0.39 is 0 Å². The lowest BCUT2D eigenvalue weighted by Crippen LogP contribution is -2.60. The molecule has 2 N–H and O–H groups in total. The van der Waals surface area contributed by atoms with Gasteiger partial charge >= 0.3 is 6.03 Å². The molecule has 0 atom stereocenters. The van der Waals surface area contributed by atoms with Gasteiger partial charge in [0.1, 0.15) is 0 Å². The van der Waals surface area contributed by atoms with Crippen LogP contribution in [0.25, 0.3) is 0 Å². The number of nitrogens with zero attached hydrogens (tertiary/aromatic N) is 2. The number of likely N-dealkylation sites (tertiary alicyclic amines) is 2. The molecule has 86 valence electrons. The lowest BCUT2D eigenvalue weighted by molar-refractivity contribution is -0.0135. The Morgan fingerprint density at radius 3 is 2.20 bits per heavy atom. The van der Waals surface area contributed by atoms with Gasteiger partial charge in [-0.15, -0.1) is 0 Å². The van der Waals surface area contributed by atoms with Crippen molar-refractivity contribution in [2.24, 2.45) is 5.73 Å². The number of hydrogen-bond acceptors (Lipinski definition) is 2. The highest BCUT2D eigenvalue weighted by molar-refractivity contribution is 5.72. The summed E-state index contributed by atoms with van der Waals surface area (Å²) in [4.78, 5) is 15.4. The van der Waals surface area contributed by atoms with Gasteiger partial charge in [0.15, 0.2) is 0 Å². The van der Waals surface area contributed by atoms with Crippen LogP contribution in [0.5, 0.6) is 0 Å². The molecule has 2 rings (SSSR count). The minimum absolute atomic E-state index is 0.261. The first-order valence-electron chi connectivity index (χ1n) is 5.97. The molecule has 2 amide bonds. The van der Waals surface area contributed by atoms with Crippen LogP contribution in [0.1, 0.15) is 32.6 Å². The zero-order valence-corrected chi connectivity index (χ0v) is 9.54. The van der Waals surface area contributed by atoms with E-state index in [4.69, 9.17) is 5.73 Å². The quantitative estimate of drug-likeness (QED) is 0.741. The molecule has 0 spiro atoms. The van der Waals surface area contributed by atoms with Crippen molar-refractivity contribution in [2.75, 3.05) is 26.2 Å². The van der Waals surface area contributed by atoms with Gasteiger partial charge in [0.2, 0.25) is 0 Å². The van der Waals surface area contributed by atoms with Crippen LogP contribution in [0.3, 0.4) is 0 Å². The summed E-state index contributed by atoms with van der Waals surface area (Å²) in [6, 6.07) is -0.261. The highest BCUT2D eigenvalue weighted by atomic mass is 16.2. The van der Waals surface area contributed by atoms with Gasteiger partial charge < -0.3 is 10.6 Å². The van der Waals surface area contributed by atoms with Crippen molar-refractivity contribution in [1.82, 2.24) is 9.80 Å². The SMILES string of the molecule is CCC1(N2CCC2)CCN(C(N)=O)CC1. The minimum atomic E-state index is -0.261. The molecule has 2 fully saturated rings. The fourth-order valence-electron chi connectivity index (χ4n) is 2.83. The van der Waals surface area contributed by atoms with Crippen LogP contribution in [-0.4, -0.2) is 47.5 Å². The molecule has 2 aliphatic heterocycles. The molecule has 0 aliphatic carbocycles. The first-order valence-corrected chi connectivity index (χ1v) is 5.97. The van der Waals surface area contributed by atoms with E-state index in [1.807, 2.05) is 0 Å². The molecule has 0 aromatic carbocycles. The second-order valence-electron chi connectivity index (χ2n) is 4.74. The summed E-state index contributed by atoms with van der Waals surface area (Å²) in [5.74, 6) is 0. The first-order chi connectivity index (χ1) is 7.18. The van der Waals surface area contributed by atoms with Crippen molar-refractivity contribution in [3.8, 4) is 0 Å². The van der Waals surface area contributed by atoms with Crippen molar-refractivity contribution in [2.45, 2.75) is 38.1 Å². The van der Waals surface area contributed by atoms with Gasteiger partial charge in [-0.1, -0.05) is 6.92 Å². The molecule has 2 saturated heterocycles. The van der Waals surface area contributed by atoms with E-state index in [0.717, 1.165) is 25.9 Å². The van der Waals surface area contributed by atoms with Gasteiger partial charge in [-0.25, -0.2) is 4.79 Å². The number of urea groups is 1. The summed E-state index contributed by atoms with van der Waals surface area (Å²) in [7, 11) is 0. The minimum Gasteiger partial charge on any atom is -0.351 e. The Kier molecular flexibility index (Phi) is 2.87. The van der Waals surface area contributed by atoms with Gasteiger partial charge in [0, 0.05) is 18.6 Å². The molecule has 0 unspecified atom stereocenters. The Hall–Kier alpha value is -0.770. The van der Waals surface area contributed by atoms with Crippen molar-refractivity contribution in [3.05, 3.63) is 0 Å². The zero-order chi connectivity index (χ0) is 10.9. The number of carbonyl (C=O) groups excluding carboxylic acids is 1. The lowest BCUT2D eigenvalue weighted by Gasteiger charge is -2.52. The predicted molar refractivity (Wildman–Crippen MR) is 59.6 cm³/mol. The van der Waals surface area contributed by atoms with Crippen LogP contribution in [0, 0.1) is 0 Å². The summed E-state index contributed by atoms with van der Waals surface area (Å²) in [5, 5.41) is 0. The maximum absolute atomic E-state index is 11.0. The Balaban J connectivity index is 1.96. The van der Waals surface area contributed by atoms with Gasteiger partial charge in [0.05, 0.1) is 0 Å². The molecular weight excluding hydrogens is 190 g/mol. The standard InChI is InChI=1S/C11H21N3O/c1-2-11(14-6-3-7-14)4-8-13(9-5-11)10(12)15/h2-9H2,1H3,(H2,12,15). The summed E-state index contributed by atoms with van der Waals surface area (Å²) < 4.78 is 0. The molecule has 0 radical (unpaired) electrons. The van der Waals surface area contributed by atoms with Crippen LogP contribution >= 0.6 is 0 Å². The number of primary amides is 1. The van der Waals surface area contributed by atoms with Crippen molar-refractivity contribution >= 4 is 6.03 Å². The molecule has 2 aliphatic rings. The average molecular weight is 211 g/mol.